The zero-order chi connectivity index (χ0) is 12.1. The van der Waals surface area contributed by atoms with Crippen molar-refractivity contribution >= 4 is 6.29 Å². The molecule has 1 fully saturated rings. The summed E-state index contributed by atoms with van der Waals surface area (Å²) in [6, 6.07) is 9.98. The maximum atomic E-state index is 10.8. The number of nitrogens with one attached hydrogen (secondary N) is 1. The lowest BCUT2D eigenvalue weighted by Crippen LogP contribution is -2.58. The summed E-state index contributed by atoms with van der Waals surface area (Å²) in [6.45, 7) is 2.36. The van der Waals surface area contributed by atoms with Crippen LogP contribution in [0.2, 0.25) is 0 Å². The van der Waals surface area contributed by atoms with Crippen LogP contribution >= 0.6 is 0 Å². The normalized spacial score (nSPS) is 25.7. The van der Waals surface area contributed by atoms with Gasteiger partial charge in [0.1, 0.15) is 6.29 Å². The Balaban J connectivity index is 1.98. The van der Waals surface area contributed by atoms with Gasteiger partial charge in [-0.25, -0.2) is 0 Å². The second-order valence-electron chi connectivity index (χ2n) is 4.47. The molecule has 2 atom stereocenters. The lowest BCUT2D eigenvalue weighted by atomic mass is 10.1. The lowest BCUT2D eigenvalue weighted by Gasteiger charge is -2.36. The molecule has 2 N–H and O–H groups in total. The van der Waals surface area contributed by atoms with Crippen LogP contribution in [0.25, 0.3) is 0 Å². The number of hydrogen-bond donors (Lipinski definition) is 2. The molecule has 1 aromatic carbocycles. The highest BCUT2D eigenvalue weighted by atomic mass is 16.3. The third-order valence-corrected chi connectivity index (χ3v) is 3.02. The van der Waals surface area contributed by atoms with Crippen LogP contribution in [-0.4, -0.2) is 48.1 Å². The minimum Gasteiger partial charge on any atom is -0.395 e. The Morgan fingerprint density at radius 3 is 2.76 bits per heavy atom. The molecule has 1 heterocycles. The zero-order valence-electron chi connectivity index (χ0n) is 9.75. The molecule has 1 unspecified atom stereocenters. The molecule has 0 saturated carbocycles. The Kier molecular flexibility index (Phi) is 4.25. The molecule has 0 amide bonds. The van der Waals surface area contributed by atoms with E-state index in [-0.39, 0.29) is 18.7 Å². The number of benzene rings is 1. The van der Waals surface area contributed by atoms with E-state index in [0.29, 0.717) is 6.54 Å². The Hall–Kier alpha value is -1.23. The topological polar surface area (TPSA) is 52.6 Å². The van der Waals surface area contributed by atoms with Gasteiger partial charge in [0.25, 0.3) is 0 Å². The minimum absolute atomic E-state index is 0.0114. The van der Waals surface area contributed by atoms with Gasteiger partial charge < -0.3 is 15.2 Å². The average Bonchev–Trinajstić information content (AvgIpc) is 2.39. The van der Waals surface area contributed by atoms with Crippen LogP contribution in [0, 0.1) is 0 Å². The molecule has 2 rings (SSSR count). The number of aldehydes is 1. The average molecular weight is 234 g/mol. The number of carbonyl (C=O) groups excluding carboxylic acids is 1. The molecule has 0 bridgehead atoms. The van der Waals surface area contributed by atoms with E-state index >= 15 is 0 Å². The SMILES string of the molecule is O=CC1CN(Cc2ccccc2)C[C@H](CO)N1. The molecule has 17 heavy (non-hydrogen) atoms. The maximum Gasteiger partial charge on any atom is 0.138 e. The molecule has 1 aliphatic rings. The second kappa shape index (κ2) is 5.91. The van der Waals surface area contributed by atoms with E-state index in [1.165, 1.54) is 5.56 Å². The first kappa shape index (κ1) is 12.2. The monoisotopic (exact) mass is 234 g/mol. The fourth-order valence-electron chi connectivity index (χ4n) is 2.24. The van der Waals surface area contributed by atoms with Crippen LogP contribution in [0.3, 0.4) is 0 Å². The van der Waals surface area contributed by atoms with Gasteiger partial charge in [0, 0.05) is 25.7 Å². The summed E-state index contributed by atoms with van der Waals surface area (Å²) in [5.41, 5.74) is 1.23. The molecule has 0 aliphatic carbocycles. The quantitative estimate of drug-likeness (QED) is 0.721. The van der Waals surface area contributed by atoms with Crippen molar-refractivity contribution in [1.82, 2.24) is 10.2 Å². The highest BCUT2D eigenvalue weighted by molar-refractivity contribution is 5.58. The maximum absolute atomic E-state index is 10.8. The summed E-state index contributed by atoms with van der Waals surface area (Å²) in [4.78, 5) is 13.0. The molecule has 92 valence electrons. The number of nitrogens with zero attached hydrogens (tertiary/aromatic N) is 1. The Labute approximate surface area is 101 Å². The van der Waals surface area contributed by atoms with E-state index in [0.717, 1.165) is 19.4 Å². The first-order valence-corrected chi connectivity index (χ1v) is 5.90. The molecule has 1 aliphatic heterocycles. The summed E-state index contributed by atoms with van der Waals surface area (Å²) in [7, 11) is 0. The van der Waals surface area contributed by atoms with Crippen molar-refractivity contribution in [2.24, 2.45) is 0 Å². The summed E-state index contributed by atoms with van der Waals surface area (Å²) in [5.74, 6) is 0. The first-order valence-electron chi connectivity index (χ1n) is 5.90. The van der Waals surface area contributed by atoms with Gasteiger partial charge in [-0.1, -0.05) is 30.3 Å². The van der Waals surface area contributed by atoms with Gasteiger partial charge in [-0.05, 0) is 5.56 Å². The highest BCUT2D eigenvalue weighted by Crippen LogP contribution is 2.09. The fraction of sp³-hybridized carbons (Fsp3) is 0.462. The van der Waals surface area contributed by atoms with Crippen LogP contribution < -0.4 is 5.32 Å². The summed E-state index contributed by atoms with van der Waals surface area (Å²) >= 11 is 0. The predicted octanol–water partition coefficient (Wildman–Crippen LogP) is 0.0202. The summed E-state index contributed by atoms with van der Waals surface area (Å²) in [6.07, 6.45) is 0.916. The van der Waals surface area contributed by atoms with Crippen molar-refractivity contribution in [3.05, 3.63) is 35.9 Å². The van der Waals surface area contributed by atoms with Crippen molar-refractivity contribution in [2.45, 2.75) is 18.6 Å². The number of piperazine rings is 1. The van der Waals surface area contributed by atoms with Crippen LogP contribution in [-0.2, 0) is 11.3 Å². The van der Waals surface area contributed by atoms with Gasteiger partial charge in [0.2, 0.25) is 0 Å². The molecule has 0 radical (unpaired) electrons. The summed E-state index contributed by atoms with van der Waals surface area (Å²) in [5, 5.41) is 12.3. The number of rotatable bonds is 4. The number of carbonyl (C=O) groups is 1. The lowest BCUT2D eigenvalue weighted by molar-refractivity contribution is -0.111. The van der Waals surface area contributed by atoms with Crippen molar-refractivity contribution < 1.29 is 9.90 Å². The van der Waals surface area contributed by atoms with E-state index in [2.05, 4.69) is 22.3 Å². The van der Waals surface area contributed by atoms with Crippen molar-refractivity contribution in [1.29, 1.82) is 0 Å². The van der Waals surface area contributed by atoms with E-state index < -0.39 is 0 Å². The van der Waals surface area contributed by atoms with Crippen LogP contribution in [0.1, 0.15) is 5.56 Å². The minimum atomic E-state index is -0.176. The van der Waals surface area contributed by atoms with Gasteiger partial charge in [0.15, 0.2) is 0 Å². The van der Waals surface area contributed by atoms with Crippen molar-refractivity contribution in [3.8, 4) is 0 Å². The van der Waals surface area contributed by atoms with E-state index in [4.69, 9.17) is 0 Å². The van der Waals surface area contributed by atoms with Crippen molar-refractivity contribution in [2.75, 3.05) is 19.7 Å². The van der Waals surface area contributed by atoms with Gasteiger partial charge >= 0.3 is 0 Å². The molecular formula is C13H18N2O2. The molecule has 0 aromatic heterocycles. The van der Waals surface area contributed by atoms with Crippen molar-refractivity contribution in [3.63, 3.8) is 0 Å². The molecular weight excluding hydrogens is 216 g/mol. The Morgan fingerprint density at radius 2 is 2.12 bits per heavy atom. The molecule has 4 nitrogen and oxygen atoms in total. The molecule has 0 spiro atoms. The number of aliphatic hydroxyl groups excluding tert-OH is 1. The van der Waals surface area contributed by atoms with E-state index in [1.54, 1.807) is 0 Å². The largest absolute Gasteiger partial charge is 0.395 e. The third kappa shape index (κ3) is 3.36. The van der Waals surface area contributed by atoms with Gasteiger partial charge in [0.05, 0.1) is 12.6 Å². The molecule has 4 heteroatoms. The van der Waals surface area contributed by atoms with E-state index in [1.807, 2.05) is 18.2 Å². The Bertz CT molecular complexity index is 356. The first-order chi connectivity index (χ1) is 8.31. The smallest absolute Gasteiger partial charge is 0.138 e. The van der Waals surface area contributed by atoms with Gasteiger partial charge in [-0.3, -0.25) is 4.90 Å². The van der Waals surface area contributed by atoms with Gasteiger partial charge in [-0.2, -0.15) is 0 Å². The standard InChI is InChI=1S/C13H18N2O2/c16-9-12-7-15(8-13(10-17)14-12)6-11-4-2-1-3-5-11/h1-5,9,12-14,17H,6-8,10H2/t12?,13-/m1/s1. The zero-order valence-corrected chi connectivity index (χ0v) is 9.75. The van der Waals surface area contributed by atoms with Gasteiger partial charge in [-0.15, -0.1) is 0 Å². The number of aliphatic hydroxyl groups is 1. The van der Waals surface area contributed by atoms with Crippen LogP contribution in [0.4, 0.5) is 0 Å². The summed E-state index contributed by atoms with van der Waals surface area (Å²) < 4.78 is 0. The molecule has 1 aromatic rings. The van der Waals surface area contributed by atoms with Crippen LogP contribution in [0.15, 0.2) is 30.3 Å². The third-order valence-electron chi connectivity index (χ3n) is 3.02. The second-order valence-corrected chi connectivity index (χ2v) is 4.47. The van der Waals surface area contributed by atoms with Crippen LogP contribution in [0.5, 0.6) is 0 Å². The van der Waals surface area contributed by atoms with E-state index in [9.17, 15) is 9.90 Å². The predicted molar refractivity (Wildman–Crippen MR) is 65.6 cm³/mol. The fourth-order valence-corrected chi connectivity index (χ4v) is 2.24. The number of hydrogen-bond acceptors (Lipinski definition) is 4. The molecule has 1 saturated heterocycles. The Morgan fingerprint density at radius 1 is 1.35 bits per heavy atom. The highest BCUT2D eigenvalue weighted by Gasteiger charge is 2.25.